The largest absolute Gasteiger partial charge is 0.394 e. The first-order valence-electron chi connectivity index (χ1n) is 5.36. The minimum atomic E-state index is -0.911. The lowest BCUT2D eigenvalue weighted by Crippen LogP contribution is -2.49. The van der Waals surface area contributed by atoms with Crippen molar-refractivity contribution >= 4 is 0 Å². The van der Waals surface area contributed by atoms with Gasteiger partial charge < -0.3 is 15.5 Å². The molecule has 0 aliphatic rings. The molecule has 0 heterocycles. The van der Waals surface area contributed by atoms with Crippen molar-refractivity contribution in [2.75, 3.05) is 13.2 Å². The molecular weight excluding hydrogens is 228 g/mol. The molecular formula is C12H17F2NO2. The number of rotatable bonds is 5. The smallest absolute Gasteiger partial charge is 0.159 e. The Labute approximate surface area is 99.1 Å². The van der Waals surface area contributed by atoms with E-state index >= 15 is 0 Å². The number of aliphatic hydroxyl groups excluding tert-OH is 2. The standard InChI is InChI=1S/C12H17F2NO2/c1-8(15-12(2,6-16)7-17)9-3-4-10(13)11(14)5-9/h3-5,8,15-17H,6-7H2,1-2H3. The van der Waals surface area contributed by atoms with Crippen molar-refractivity contribution in [3.8, 4) is 0 Å². The third-order valence-electron chi connectivity index (χ3n) is 2.71. The summed E-state index contributed by atoms with van der Waals surface area (Å²) >= 11 is 0. The maximum absolute atomic E-state index is 13.0. The first kappa shape index (κ1) is 14.0. The van der Waals surface area contributed by atoms with Gasteiger partial charge in [-0.05, 0) is 31.5 Å². The molecule has 0 aromatic heterocycles. The second-order valence-corrected chi connectivity index (χ2v) is 4.42. The minimum Gasteiger partial charge on any atom is -0.394 e. The third-order valence-corrected chi connectivity index (χ3v) is 2.71. The van der Waals surface area contributed by atoms with Crippen molar-refractivity contribution in [3.05, 3.63) is 35.4 Å². The zero-order valence-electron chi connectivity index (χ0n) is 9.87. The molecule has 0 amide bonds. The molecule has 17 heavy (non-hydrogen) atoms. The van der Waals surface area contributed by atoms with Gasteiger partial charge in [0.25, 0.3) is 0 Å². The van der Waals surface area contributed by atoms with Crippen molar-refractivity contribution in [1.82, 2.24) is 5.32 Å². The van der Waals surface area contributed by atoms with Gasteiger partial charge in [0.15, 0.2) is 11.6 Å². The van der Waals surface area contributed by atoms with E-state index in [-0.39, 0.29) is 19.3 Å². The zero-order chi connectivity index (χ0) is 13.1. The highest BCUT2D eigenvalue weighted by Gasteiger charge is 2.24. The Kier molecular flexibility index (Phi) is 4.56. The van der Waals surface area contributed by atoms with Gasteiger partial charge in [-0.1, -0.05) is 6.07 Å². The molecule has 0 fully saturated rings. The molecule has 1 atom stereocenters. The molecule has 0 bridgehead atoms. The summed E-state index contributed by atoms with van der Waals surface area (Å²) < 4.78 is 25.8. The number of hydrogen-bond donors (Lipinski definition) is 3. The molecule has 0 radical (unpaired) electrons. The van der Waals surface area contributed by atoms with Crippen molar-refractivity contribution in [2.45, 2.75) is 25.4 Å². The Bertz CT molecular complexity index is 381. The SMILES string of the molecule is CC(NC(C)(CO)CO)c1ccc(F)c(F)c1. The minimum absolute atomic E-state index is 0.252. The van der Waals surface area contributed by atoms with E-state index in [1.165, 1.54) is 6.07 Å². The van der Waals surface area contributed by atoms with Crippen LogP contribution in [0.1, 0.15) is 25.5 Å². The topological polar surface area (TPSA) is 52.5 Å². The Morgan fingerprint density at radius 1 is 1.24 bits per heavy atom. The molecule has 0 aliphatic heterocycles. The van der Waals surface area contributed by atoms with Crippen LogP contribution in [0.2, 0.25) is 0 Å². The lowest BCUT2D eigenvalue weighted by molar-refractivity contribution is 0.0957. The molecule has 3 nitrogen and oxygen atoms in total. The second kappa shape index (κ2) is 5.53. The van der Waals surface area contributed by atoms with Crippen molar-refractivity contribution in [2.24, 2.45) is 0 Å². The molecule has 1 unspecified atom stereocenters. The fourth-order valence-corrected chi connectivity index (χ4v) is 1.53. The molecule has 96 valence electrons. The van der Waals surface area contributed by atoms with E-state index in [9.17, 15) is 8.78 Å². The van der Waals surface area contributed by atoms with E-state index in [1.807, 2.05) is 0 Å². The van der Waals surface area contributed by atoms with Gasteiger partial charge in [0.1, 0.15) is 0 Å². The maximum atomic E-state index is 13.0. The second-order valence-electron chi connectivity index (χ2n) is 4.42. The lowest BCUT2D eigenvalue weighted by atomic mass is 10.0. The summed E-state index contributed by atoms with van der Waals surface area (Å²) in [6, 6.07) is 3.31. The van der Waals surface area contributed by atoms with Crippen molar-refractivity contribution in [3.63, 3.8) is 0 Å². The van der Waals surface area contributed by atoms with E-state index < -0.39 is 17.2 Å². The summed E-state index contributed by atoms with van der Waals surface area (Å²) in [6.45, 7) is 2.88. The average molecular weight is 245 g/mol. The van der Waals surface area contributed by atoms with Gasteiger partial charge in [-0.2, -0.15) is 0 Å². The van der Waals surface area contributed by atoms with Gasteiger partial charge in [0.05, 0.1) is 18.8 Å². The van der Waals surface area contributed by atoms with Crippen molar-refractivity contribution < 1.29 is 19.0 Å². The van der Waals surface area contributed by atoms with Crippen LogP contribution in [0.25, 0.3) is 0 Å². The molecule has 0 saturated carbocycles. The van der Waals surface area contributed by atoms with Crippen LogP contribution < -0.4 is 5.32 Å². The van der Waals surface area contributed by atoms with Gasteiger partial charge in [-0.15, -0.1) is 0 Å². The number of hydrogen-bond acceptors (Lipinski definition) is 3. The third kappa shape index (κ3) is 3.46. The highest BCUT2D eigenvalue weighted by Crippen LogP contribution is 2.18. The van der Waals surface area contributed by atoms with Gasteiger partial charge >= 0.3 is 0 Å². The van der Waals surface area contributed by atoms with Gasteiger partial charge in [-0.3, -0.25) is 0 Å². The van der Waals surface area contributed by atoms with Gasteiger partial charge in [0, 0.05) is 6.04 Å². The highest BCUT2D eigenvalue weighted by atomic mass is 19.2. The fraction of sp³-hybridized carbons (Fsp3) is 0.500. The van der Waals surface area contributed by atoms with E-state index in [1.54, 1.807) is 13.8 Å². The van der Waals surface area contributed by atoms with Crippen LogP contribution in [0.15, 0.2) is 18.2 Å². The Morgan fingerprint density at radius 2 is 1.82 bits per heavy atom. The molecule has 3 N–H and O–H groups in total. The lowest BCUT2D eigenvalue weighted by Gasteiger charge is -2.30. The monoisotopic (exact) mass is 245 g/mol. The summed E-state index contributed by atoms with van der Waals surface area (Å²) in [6.07, 6.45) is 0. The molecule has 0 spiro atoms. The van der Waals surface area contributed by atoms with Crippen LogP contribution in [-0.4, -0.2) is 29.0 Å². The number of halogens is 2. The number of benzene rings is 1. The van der Waals surface area contributed by atoms with E-state index in [2.05, 4.69) is 5.32 Å². The Hall–Kier alpha value is -1.04. The number of aliphatic hydroxyl groups is 2. The quantitative estimate of drug-likeness (QED) is 0.734. The van der Waals surface area contributed by atoms with E-state index in [0.717, 1.165) is 12.1 Å². The van der Waals surface area contributed by atoms with Crippen LogP contribution >= 0.6 is 0 Å². The molecule has 1 aromatic carbocycles. The summed E-state index contributed by atoms with van der Waals surface area (Å²) in [7, 11) is 0. The van der Waals surface area contributed by atoms with Crippen LogP contribution in [0.5, 0.6) is 0 Å². The van der Waals surface area contributed by atoms with Crippen LogP contribution in [0.4, 0.5) is 8.78 Å². The zero-order valence-corrected chi connectivity index (χ0v) is 9.87. The molecule has 1 aromatic rings. The van der Waals surface area contributed by atoms with E-state index in [0.29, 0.717) is 5.56 Å². The van der Waals surface area contributed by atoms with Crippen LogP contribution in [0.3, 0.4) is 0 Å². The van der Waals surface area contributed by atoms with Crippen LogP contribution in [0, 0.1) is 11.6 Å². The Balaban J connectivity index is 2.82. The summed E-state index contributed by atoms with van der Waals surface area (Å²) in [5, 5.41) is 21.2. The summed E-state index contributed by atoms with van der Waals surface area (Å²) in [4.78, 5) is 0. The van der Waals surface area contributed by atoms with E-state index in [4.69, 9.17) is 10.2 Å². The maximum Gasteiger partial charge on any atom is 0.159 e. The van der Waals surface area contributed by atoms with Crippen molar-refractivity contribution in [1.29, 1.82) is 0 Å². The van der Waals surface area contributed by atoms with Gasteiger partial charge in [-0.25, -0.2) is 8.78 Å². The summed E-state index contributed by atoms with van der Waals surface area (Å²) in [5.41, 5.74) is -0.304. The first-order valence-corrected chi connectivity index (χ1v) is 5.36. The molecule has 0 saturated heterocycles. The normalized spacial score (nSPS) is 13.8. The van der Waals surface area contributed by atoms with Crippen LogP contribution in [-0.2, 0) is 0 Å². The number of nitrogens with one attached hydrogen (secondary N) is 1. The molecule has 5 heteroatoms. The summed E-state index contributed by atoms with van der Waals surface area (Å²) in [5.74, 6) is -1.81. The fourth-order valence-electron chi connectivity index (χ4n) is 1.53. The Morgan fingerprint density at radius 3 is 2.29 bits per heavy atom. The average Bonchev–Trinajstić information content (AvgIpc) is 2.32. The molecule has 0 aliphatic carbocycles. The predicted molar refractivity (Wildman–Crippen MR) is 60.5 cm³/mol. The first-order chi connectivity index (χ1) is 7.91. The molecule has 1 rings (SSSR count). The predicted octanol–water partition coefficient (Wildman–Crippen LogP) is 1.36. The van der Waals surface area contributed by atoms with Gasteiger partial charge in [0.2, 0.25) is 0 Å². The highest BCUT2D eigenvalue weighted by molar-refractivity contribution is 5.21.